The van der Waals surface area contributed by atoms with Crippen molar-refractivity contribution < 1.29 is 28.9 Å². The predicted molar refractivity (Wildman–Crippen MR) is 127 cm³/mol. The maximum atomic E-state index is 13.2. The molecular formula is C26H30N2O6. The quantitative estimate of drug-likeness (QED) is 0.364. The first kappa shape index (κ1) is 23.8. The largest absolute Gasteiger partial charge is 0.507 e. The average molecular weight is 467 g/mol. The molecule has 0 bridgehead atoms. The molecule has 1 N–H and O–H groups in total. The van der Waals surface area contributed by atoms with Gasteiger partial charge in [0.15, 0.2) is 0 Å². The maximum Gasteiger partial charge on any atom is 0.295 e. The van der Waals surface area contributed by atoms with Gasteiger partial charge in [0, 0.05) is 31.7 Å². The number of nitrogens with zero attached hydrogens (tertiary/aromatic N) is 2. The summed E-state index contributed by atoms with van der Waals surface area (Å²) >= 11 is 0. The summed E-state index contributed by atoms with van der Waals surface area (Å²) < 4.78 is 16.3. The van der Waals surface area contributed by atoms with Gasteiger partial charge in [-0.2, -0.15) is 0 Å². The Hall–Kier alpha value is -3.36. The molecule has 0 radical (unpaired) electrons. The zero-order valence-corrected chi connectivity index (χ0v) is 19.5. The monoisotopic (exact) mass is 466 g/mol. The van der Waals surface area contributed by atoms with Crippen LogP contribution in [0.1, 0.15) is 24.1 Å². The van der Waals surface area contributed by atoms with Crippen LogP contribution in [0.15, 0.2) is 54.1 Å². The van der Waals surface area contributed by atoms with E-state index < -0.39 is 17.7 Å². The van der Waals surface area contributed by atoms with E-state index in [1.54, 1.807) is 48.4 Å². The highest BCUT2D eigenvalue weighted by Gasteiger charge is 2.46. The fraction of sp³-hybridized carbons (Fsp3) is 0.385. The number of hydrogen-bond acceptors (Lipinski definition) is 7. The minimum absolute atomic E-state index is 0.0735. The molecule has 2 aliphatic heterocycles. The first-order valence-electron chi connectivity index (χ1n) is 11.5. The fourth-order valence-electron chi connectivity index (χ4n) is 4.37. The van der Waals surface area contributed by atoms with Crippen LogP contribution in [0, 0.1) is 0 Å². The summed E-state index contributed by atoms with van der Waals surface area (Å²) in [7, 11) is 1.56. The fourth-order valence-corrected chi connectivity index (χ4v) is 4.37. The number of ketones is 1. The van der Waals surface area contributed by atoms with Gasteiger partial charge in [-0.25, -0.2) is 0 Å². The second-order valence-corrected chi connectivity index (χ2v) is 8.18. The minimum Gasteiger partial charge on any atom is -0.507 e. The number of carbonyl (C=O) groups excluding carboxylic acids is 2. The van der Waals surface area contributed by atoms with Crippen LogP contribution in [0.2, 0.25) is 0 Å². The molecule has 2 saturated heterocycles. The summed E-state index contributed by atoms with van der Waals surface area (Å²) in [5.41, 5.74) is 1.22. The molecule has 0 unspecified atom stereocenters. The van der Waals surface area contributed by atoms with Gasteiger partial charge in [-0.1, -0.05) is 12.1 Å². The van der Waals surface area contributed by atoms with E-state index in [0.29, 0.717) is 55.5 Å². The average Bonchev–Trinajstić information content (AvgIpc) is 3.13. The number of amides is 1. The van der Waals surface area contributed by atoms with Crippen LogP contribution in [0.3, 0.4) is 0 Å². The molecule has 0 spiro atoms. The Bertz CT molecular complexity index is 1060. The summed E-state index contributed by atoms with van der Waals surface area (Å²) in [4.78, 5) is 30.1. The molecule has 0 aliphatic carbocycles. The molecule has 8 nitrogen and oxygen atoms in total. The highest BCUT2D eigenvalue weighted by Crippen LogP contribution is 2.40. The topological polar surface area (TPSA) is 88.5 Å². The van der Waals surface area contributed by atoms with Gasteiger partial charge >= 0.3 is 0 Å². The van der Waals surface area contributed by atoms with Gasteiger partial charge < -0.3 is 24.2 Å². The molecule has 1 amide bonds. The summed E-state index contributed by atoms with van der Waals surface area (Å²) in [6.07, 6.45) is 0. The zero-order chi connectivity index (χ0) is 24.1. The third kappa shape index (κ3) is 4.93. The number of rotatable bonds is 8. The van der Waals surface area contributed by atoms with Gasteiger partial charge in [0.2, 0.25) is 0 Å². The lowest BCUT2D eigenvalue weighted by molar-refractivity contribution is -0.140. The van der Waals surface area contributed by atoms with Crippen LogP contribution in [0.25, 0.3) is 5.76 Å². The van der Waals surface area contributed by atoms with E-state index in [-0.39, 0.29) is 11.3 Å². The van der Waals surface area contributed by atoms with Gasteiger partial charge in [-0.05, 0) is 48.9 Å². The number of likely N-dealkylation sites (tertiary alicyclic amines) is 1. The van der Waals surface area contributed by atoms with E-state index >= 15 is 0 Å². The summed E-state index contributed by atoms with van der Waals surface area (Å²) in [6.45, 7) is 6.23. The van der Waals surface area contributed by atoms with Crippen molar-refractivity contribution >= 4 is 17.4 Å². The molecule has 2 heterocycles. The highest BCUT2D eigenvalue weighted by atomic mass is 16.5. The molecule has 2 fully saturated rings. The van der Waals surface area contributed by atoms with Gasteiger partial charge in [-0.15, -0.1) is 0 Å². The van der Waals surface area contributed by atoms with Crippen LogP contribution in [0.4, 0.5) is 0 Å². The van der Waals surface area contributed by atoms with Crippen LogP contribution in [-0.4, -0.2) is 79.7 Å². The van der Waals surface area contributed by atoms with E-state index in [1.807, 2.05) is 19.1 Å². The Balaban J connectivity index is 1.72. The van der Waals surface area contributed by atoms with Crippen molar-refractivity contribution in [3.05, 3.63) is 65.2 Å². The molecule has 8 heteroatoms. The lowest BCUT2D eigenvalue weighted by Crippen LogP contribution is -2.42. The molecule has 2 aromatic rings. The molecule has 180 valence electrons. The highest BCUT2D eigenvalue weighted by molar-refractivity contribution is 6.46. The number of methoxy groups -OCH3 is 1. The van der Waals surface area contributed by atoms with Gasteiger partial charge in [0.1, 0.15) is 17.3 Å². The van der Waals surface area contributed by atoms with Crippen LogP contribution in [-0.2, 0) is 14.3 Å². The minimum atomic E-state index is -0.720. The Kier molecular flexibility index (Phi) is 7.49. The number of carbonyl (C=O) groups is 2. The van der Waals surface area contributed by atoms with E-state index in [1.165, 1.54) is 0 Å². The first-order valence-corrected chi connectivity index (χ1v) is 11.5. The molecule has 34 heavy (non-hydrogen) atoms. The van der Waals surface area contributed by atoms with Gasteiger partial charge in [0.05, 0.1) is 38.5 Å². The number of aliphatic hydroxyl groups is 1. The normalized spacial score (nSPS) is 20.5. The van der Waals surface area contributed by atoms with Crippen LogP contribution in [0.5, 0.6) is 11.5 Å². The van der Waals surface area contributed by atoms with Crippen molar-refractivity contribution in [3.8, 4) is 11.5 Å². The summed E-state index contributed by atoms with van der Waals surface area (Å²) in [5.74, 6) is -0.246. The van der Waals surface area contributed by atoms with Crippen LogP contribution >= 0.6 is 0 Å². The number of benzene rings is 2. The molecular weight excluding hydrogens is 436 g/mol. The second-order valence-electron chi connectivity index (χ2n) is 8.18. The third-order valence-corrected chi connectivity index (χ3v) is 6.15. The Labute approximate surface area is 199 Å². The van der Waals surface area contributed by atoms with Crippen molar-refractivity contribution in [3.63, 3.8) is 0 Å². The lowest BCUT2D eigenvalue weighted by Gasteiger charge is -2.31. The molecule has 0 aromatic heterocycles. The summed E-state index contributed by atoms with van der Waals surface area (Å²) in [6, 6.07) is 13.4. The van der Waals surface area contributed by atoms with Gasteiger partial charge in [0.25, 0.3) is 11.7 Å². The van der Waals surface area contributed by atoms with Crippen molar-refractivity contribution in [1.82, 2.24) is 9.80 Å². The second kappa shape index (κ2) is 10.7. The summed E-state index contributed by atoms with van der Waals surface area (Å²) in [5, 5.41) is 11.2. The van der Waals surface area contributed by atoms with Crippen molar-refractivity contribution in [2.75, 3.05) is 53.1 Å². The molecule has 2 aromatic carbocycles. The molecule has 1 atom stereocenters. The van der Waals surface area contributed by atoms with E-state index in [4.69, 9.17) is 14.2 Å². The molecule has 4 rings (SSSR count). The van der Waals surface area contributed by atoms with E-state index in [2.05, 4.69) is 4.90 Å². The Morgan fingerprint density at radius 1 is 1.06 bits per heavy atom. The number of ether oxygens (including phenoxy) is 3. The van der Waals surface area contributed by atoms with Gasteiger partial charge in [-0.3, -0.25) is 14.5 Å². The SMILES string of the molecule is CCOc1ccc(C(O)=C2C(=O)C(=O)N(CCN3CCOCC3)[C@@H]2c2cccc(OC)c2)cc1. The van der Waals surface area contributed by atoms with E-state index in [0.717, 1.165) is 13.1 Å². The maximum absolute atomic E-state index is 13.2. The van der Waals surface area contributed by atoms with Crippen molar-refractivity contribution in [2.45, 2.75) is 13.0 Å². The molecule has 0 saturated carbocycles. The van der Waals surface area contributed by atoms with Crippen molar-refractivity contribution in [1.29, 1.82) is 0 Å². The number of Topliss-reactive ketones (excluding diaryl/α,β-unsaturated/α-hetero) is 1. The standard InChI is InChI=1S/C26H30N2O6/c1-3-34-20-9-7-18(8-10-20)24(29)22-23(19-5-4-6-21(17-19)32-2)28(26(31)25(22)30)12-11-27-13-15-33-16-14-27/h4-10,17,23,29H,3,11-16H2,1-2H3/t23-/m1/s1. The lowest BCUT2D eigenvalue weighted by atomic mass is 9.95. The Morgan fingerprint density at radius 2 is 1.79 bits per heavy atom. The number of hydrogen-bond donors (Lipinski definition) is 1. The number of aliphatic hydroxyl groups excluding tert-OH is 1. The Morgan fingerprint density at radius 3 is 2.47 bits per heavy atom. The predicted octanol–water partition coefficient (Wildman–Crippen LogP) is 2.85. The van der Waals surface area contributed by atoms with Crippen molar-refractivity contribution in [2.24, 2.45) is 0 Å². The molecule has 2 aliphatic rings. The zero-order valence-electron chi connectivity index (χ0n) is 19.5. The first-order chi connectivity index (χ1) is 16.5. The third-order valence-electron chi connectivity index (χ3n) is 6.15. The smallest absolute Gasteiger partial charge is 0.295 e. The number of morpholine rings is 1. The van der Waals surface area contributed by atoms with E-state index in [9.17, 15) is 14.7 Å². The van der Waals surface area contributed by atoms with Crippen LogP contribution < -0.4 is 9.47 Å².